The fraction of sp³-hybridized carbons (Fsp3) is 0.553. The molecular weight excluding hydrogens is 584 g/mol. The summed E-state index contributed by atoms with van der Waals surface area (Å²) in [6.45, 7) is 17.7. The lowest BCUT2D eigenvalue weighted by Gasteiger charge is -2.56. The summed E-state index contributed by atoms with van der Waals surface area (Å²) in [4.78, 5) is 41.1. The van der Waals surface area contributed by atoms with E-state index in [0.717, 1.165) is 24.0 Å². The van der Waals surface area contributed by atoms with Crippen molar-refractivity contribution >= 4 is 17.5 Å². The summed E-state index contributed by atoms with van der Waals surface area (Å²) in [6, 6.07) is 0. The molecule has 8 heteroatoms. The van der Waals surface area contributed by atoms with Gasteiger partial charge in [-0.2, -0.15) is 0 Å². The van der Waals surface area contributed by atoms with Crippen LogP contribution in [0.25, 0.3) is 0 Å². The van der Waals surface area contributed by atoms with Gasteiger partial charge in [-0.25, -0.2) is 4.79 Å². The largest absolute Gasteiger partial charge is 0.507 e. The van der Waals surface area contributed by atoms with E-state index in [2.05, 4.69) is 19.6 Å². The first-order valence-electron chi connectivity index (χ1n) is 16.5. The molecule has 46 heavy (non-hydrogen) atoms. The van der Waals surface area contributed by atoms with Gasteiger partial charge < -0.3 is 24.4 Å². The molecule has 6 bridgehead atoms. The van der Waals surface area contributed by atoms with Crippen LogP contribution in [-0.4, -0.2) is 50.2 Å². The predicted octanol–water partition coefficient (Wildman–Crippen LogP) is 6.94. The van der Waals surface area contributed by atoms with Crippen molar-refractivity contribution in [3.63, 3.8) is 0 Å². The molecule has 2 saturated carbocycles. The van der Waals surface area contributed by atoms with Crippen LogP contribution in [0.1, 0.15) is 108 Å². The summed E-state index contributed by atoms with van der Waals surface area (Å²) >= 11 is 0. The number of carboxylic acids is 1. The Balaban J connectivity index is 1.52. The third-order valence-electron chi connectivity index (χ3n) is 11.8. The fourth-order valence-corrected chi connectivity index (χ4v) is 9.66. The molecule has 1 aromatic rings. The zero-order valence-corrected chi connectivity index (χ0v) is 27.8. The predicted molar refractivity (Wildman–Crippen MR) is 171 cm³/mol. The van der Waals surface area contributed by atoms with Gasteiger partial charge in [0.1, 0.15) is 28.4 Å². The van der Waals surface area contributed by atoms with Crippen molar-refractivity contribution in [2.75, 3.05) is 0 Å². The maximum atomic E-state index is 15.0. The summed E-state index contributed by atoms with van der Waals surface area (Å²) in [6.07, 6.45) is 8.47. The molecule has 8 rings (SSSR count). The molecule has 7 atom stereocenters. The first kappa shape index (κ1) is 31.0. The molecule has 3 heterocycles. The second kappa shape index (κ2) is 9.69. The number of Topliss-reactive ketones (excluding diaryl/α,β-unsaturated/α-hetero) is 2. The number of aliphatic carboxylic acids is 1. The van der Waals surface area contributed by atoms with Crippen LogP contribution in [0, 0.1) is 17.8 Å². The number of benzene rings is 1. The molecule has 8 nitrogen and oxygen atoms in total. The second-order valence-electron chi connectivity index (χ2n) is 15.5. The molecule has 0 radical (unpaired) electrons. The fourth-order valence-electron chi connectivity index (χ4n) is 9.66. The average molecular weight is 629 g/mol. The summed E-state index contributed by atoms with van der Waals surface area (Å²) in [5, 5.41) is 21.8. The van der Waals surface area contributed by atoms with Crippen molar-refractivity contribution in [1.82, 2.24) is 0 Å². The lowest BCUT2D eigenvalue weighted by molar-refractivity contribution is -0.171. The lowest BCUT2D eigenvalue weighted by Crippen LogP contribution is -2.72. The van der Waals surface area contributed by atoms with E-state index in [0.29, 0.717) is 41.7 Å². The van der Waals surface area contributed by atoms with Crippen LogP contribution < -0.4 is 9.47 Å². The zero-order chi connectivity index (χ0) is 33.3. The molecule has 1 unspecified atom stereocenters. The molecule has 244 valence electrons. The Bertz CT molecular complexity index is 1740. The van der Waals surface area contributed by atoms with Gasteiger partial charge in [-0.1, -0.05) is 36.0 Å². The third kappa shape index (κ3) is 3.85. The van der Waals surface area contributed by atoms with Crippen molar-refractivity contribution in [2.24, 2.45) is 17.8 Å². The molecule has 7 aliphatic rings. The first-order chi connectivity index (χ1) is 21.5. The van der Waals surface area contributed by atoms with Gasteiger partial charge in [0.05, 0.1) is 5.60 Å². The smallest absolute Gasteiger partial charge is 0.330 e. The number of rotatable bonds is 6. The SMILES string of the molecule is C=C(C)C1CC[C@@]2(C)C[C@@H]1c1c(O)c3c(c(CC=C(C)C)c1O2)O[C@]12C(=C[C@@H]4C[C@H]1C(C)(C)O[C@@]2(C/C=C(/C)C(=O)O)C4=O)C3=O. The summed E-state index contributed by atoms with van der Waals surface area (Å²) < 4.78 is 20.8. The standard InChI is InChI=1S/C38H44O8/c1-18(2)9-10-23-31-27(24-17-36(8,44-31)13-12-22(24)19(3)4)30(40)28-29(39)25-15-21-16-26-35(6,7)46-37(33(21)41,14-11-20(5)34(42)43)38(25,26)45-32(23)28/h9,11,15,21-22,24,26,40H,3,10,12-14,16-17H2,1-2,4-8H3,(H,42,43)/b20-11-/t21-,22?,24+,26+,36+,37+,38-/m1/s1. The molecule has 3 fully saturated rings. The number of carbonyl (C=O) groups is 3. The molecule has 1 saturated heterocycles. The average Bonchev–Trinajstić information content (AvgIpc) is 3.11. The Morgan fingerprint density at radius 3 is 2.46 bits per heavy atom. The molecular formula is C38H44O8. The van der Waals surface area contributed by atoms with Gasteiger partial charge in [0, 0.05) is 46.4 Å². The van der Waals surface area contributed by atoms with E-state index in [4.69, 9.17) is 14.2 Å². The molecule has 2 N–H and O–H groups in total. The Hall–Kier alpha value is -3.65. The number of phenolic OH excluding ortho intramolecular Hbond substituents is 1. The van der Waals surface area contributed by atoms with Gasteiger partial charge in [-0.05, 0) is 86.5 Å². The molecule has 3 aliphatic heterocycles. The molecule has 1 spiro atoms. The van der Waals surface area contributed by atoms with Crippen LogP contribution in [-0.2, 0) is 20.7 Å². The van der Waals surface area contributed by atoms with Crippen LogP contribution in [0.4, 0.5) is 0 Å². The highest BCUT2D eigenvalue weighted by Gasteiger charge is 2.81. The summed E-state index contributed by atoms with van der Waals surface area (Å²) in [7, 11) is 0. The van der Waals surface area contributed by atoms with E-state index in [1.807, 2.05) is 34.6 Å². The first-order valence-corrected chi connectivity index (χ1v) is 16.5. The minimum absolute atomic E-state index is 0.0580. The van der Waals surface area contributed by atoms with E-state index in [1.165, 1.54) is 13.0 Å². The van der Waals surface area contributed by atoms with Crippen LogP contribution >= 0.6 is 0 Å². The molecule has 0 aromatic heterocycles. The number of carboxylic acid groups (broad SMARTS) is 1. The Kier molecular flexibility index (Phi) is 6.53. The van der Waals surface area contributed by atoms with Gasteiger partial charge >= 0.3 is 5.97 Å². The van der Waals surface area contributed by atoms with Crippen molar-refractivity contribution in [1.29, 1.82) is 0 Å². The number of hydrogen-bond donors (Lipinski definition) is 2. The van der Waals surface area contributed by atoms with Crippen LogP contribution in [0.3, 0.4) is 0 Å². The van der Waals surface area contributed by atoms with Crippen molar-refractivity contribution < 1.29 is 38.8 Å². The number of ether oxygens (including phenoxy) is 3. The summed E-state index contributed by atoms with van der Waals surface area (Å²) in [5.41, 5.74) is -0.519. The number of aromatic hydroxyl groups is 1. The van der Waals surface area contributed by atoms with E-state index in [9.17, 15) is 24.6 Å². The second-order valence-corrected chi connectivity index (χ2v) is 15.5. The highest BCUT2D eigenvalue weighted by molar-refractivity contribution is 6.18. The number of phenols is 1. The van der Waals surface area contributed by atoms with E-state index < -0.39 is 34.3 Å². The highest BCUT2D eigenvalue weighted by Crippen LogP contribution is 2.69. The third-order valence-corrected chi connectivity index (χ3v) is 11.8. The van der Waals surface area contributed by atoms with Crippen molar-refractivity contribution in [2.45, 2.75) is 115 Å². The van der Waals surface area contributed by atoms with Gasteiger partial charge in [-0.3, -0.25) is 9.59 Å². The zero-order valence-electron chi connectivity index (χ0n) is 27.8. The van der Waals surface area contributed by atoms with Gasteiger partial charge in [0.25, 0.3) is 0 Å². The lowest BCUT2D eigenvalue weighted by atomic mass is 9.51. The number of fused-ring (bicyclic) bond motifs is 5. The van der Waals surface area contributed by atoms with Gasteiger partial charge in [-0.15, -0.1) is 0 Å². The van der Waals surface area contributed by atoms with Gasteiger partial charge in [0.2, 0.25) is 0 Å². The van der Waals surface area contributed by atoms with E-state index >= 15 is 0 Å². The Morgan fingerprint density at radius 1 is 1.09 bits per heavy atom. The number of carbonyl (C=O) groups excluding carboxylic acids is 2. The maximum absolute atomic E-state index is 15.0. The Morgan fingerprint density at radius 2 is 1.80 bits per heavy atom. The topological polar surface area (TPSA) is 119 Å². The van der Waals surface area contributed by atoms with Crippen molar-refractivity contribution in [3.05, 3.63) is 63.8 Å². The minimum Gasteiger partial charge on any atom is -0.507 e. The normalized spacial score (nSPS) is 36.1. The van der Waals surface area contributed by atoms with Crippen molar-refractivity contribution in [3.8, 4) is 17.2 Å². The van der Waals surface area contributed by atoms with Crippen LogP contribution in [0.5, 0.6) is 17.2 Å². The quantitative estimate of drug-likeness (QED) is 0.257. The minimum atomic E-state index is -1.62. The van der Waals surface area contributed by atoms with Crippen LogP contribution in [0.15, 0.2) is 47.1 Å². The number of ketones is 2. The Labute approximate surface area is 270 Å². The van der Waals surface area contributed by atoms with E-state index in [1.54, 1.807) is 6.08 Å². The number of allylic oxidation sites excluding steroid dienone is 4. The molecule has 1 aromatic carbocycles. The van der Waals surface area contributed by atoms with Crippen LogP contribution in [0.2, 0.25) is 0 Å². The van der Waals surface area contributed by atoms with Gasteiger partial charge in [0.15, 0.2) is 22.8 Å². The highest BCUT2D eigenvalue weighted by atomic mass is 16.6. The summed E-state index contributed by atoms with van der Waals surface area (Å²) in [5.74, 6) is -1.93. The monoisotopic (exact) mass is 628 g/mol. The number of hydrogen-bond acceptors (Lipinski definition) is 7. The van der Waals surface area contributed by atoms with E-state index in [-0.39, 0.29) is 58.4 Å². The maximum Gasteiger partial charge on any atom is 0.330 e. The molecule has 0 amide bonds. The molecule has 4 aliphatic carbocycles.